The molecule has 1 aliphatic carbocycles. The molecule has 0 aliphatic heterocycles. The van der Waals surface area contributed by atoms with Gasteiger partial charge < -0.3 is 25.3 Å². The first-order chi connectivity index (χ1) is 14.0. The number of hydrogen-bond donors (Lipinski definition) is 2. The van der Waals surface area contributed by atoms with E-state index in [9.17, 15) is 14.4 Å². The van der Waals surface area contributed by atoms with Gasteiger partial charge in [-0.3, -0.25) is 9.59 Å². The molecule has 0 aromatic heterocycles. The second kappa shape index (κ2) is 8.85. The normalized spacial score (nSPS) is 12.3. The minimum absolute atomic E-state index is 0.0133. The van der Waals surface area contributed by atoms with E-state index in [4.69, 9.17) is 19.9 Å². The Morgan fingerprint density at radius 2 is 1.66 bits per heavy atom. The standard InChI is InChI=1S/C21H22N2O6/c1-27-9-10-29-8-7-23-15-11-14(21(26)28-2)18(22)17-16(15)19(24)12-5-3-4-6-13(12)20(17)25/h3-6,11,23H,7-10,22H2,1-2H3. The molecule has 8 nitrogen and oxygen atoms in total. The Morgan fingerprint density at radius 1 is 1.00 bits per heavy atom. The van der Waals surface area contributed by atoms with E-state index in [1.165, 1.54) is 13.2 Å². The number of nitrogens with one attached hydrogen (secondary N) is 1. The van der Waals surface area contributed by atoms with Gasteiger partial charge in [0.25, 0.3) is 0 Å². The van der Waals surface area contributed by atoms with Crippen molar-refractivity contribution in [1.29, 1.82) is 0 Å². The average Bonchev–Trinajstić information content (AvgIpc) is 2.74. The summed E-state index contributed by atoms with van der Waals surface area (Å²) in [5, 5.41) is 3.08. The van der Waals surface area contributed by atoms with Crippen LogP contribution in [0.3, 0.4) is 0 Å². The van der Waals surface area contributed by atoms with Crippen molar-refractivity contribution >= 4 is 28.9 Å². The molecule has 3 N–H and O–H groups in total. The molecule has 0 unspecified atom stereocenters. The van der Waals surface area contributed by atoms with Crippen LogP contribution in [0.25, 0.3) is 0 Å². The van der Waals surface area contributed by atoms with Crippen molar-refractivity contribution in [3.63, 3.8) is 0 Å². The molecule has 8 heteroatoms. The van der Waals surface area contributed by atoms with E-state index in [0.29, 0.717) is 37.6 Å². The highest BCUT2D eigenvalue weighted by Gasteiger charge is 2.35. The SMILES string of the molecule is COCCOCCNc1cc(C(=O)OC)c(N)c2c1C(=O)c1ccccc1C2=O. The van der Waals surface area contributed by atoms with Crippen LogP contribution in [0.1, 0.15) is 42.2 Å². The molecule has 0 atom stereocenters. The summed E-state index contributed by atoms with van der Waals surface area (Å²) in [6, 6.07) is 7.97. The lowest BCUT2D eigenvalue weighted by molar-refractivity contribution is 0.0601. The first-order valence-corrected chi connectivity index (χ1v) is 9.05. The second-order valence-corrected chi connectivity index (χ2v) is 6.36. The van der Waals surface area contributed by atoms with Gasteiger partial charge in [0, 0.05) is 30.5 Å². The summed E-state index contributed by atoms with van der Waals surface area (Å²) in [6.07, 6.45) is 0. The number of hydrogen-bond acceptors (Lipinski definition) is 8. The number of methoxy groups -OCH3 is 2. The van der Waals surface area contributed by atoms with Crippen molar-refractivity contribution in [2.75, 3.05) is 51.6 Å². The van der Waals surface area contributed by atoms with Crippen LogP contribution in [0.5, 0.6) is 0 Å². The molecule has 0 amide bonds. The minimum Gasteiger partial charge on any atom is -0.465 e. The number of carbonyl (C=O) groups excluding carboxylic acids is 3. The van der Waals surface area contributed by atoms with Crippen LogP contribution < -0.4 is 11.1 Å². The van der Waals surface area contributed by atoms with Gasteiger partial charge in [0.1, 0.15) is 0 Å². The van der Waals surface area contributed by atoms with Crippen LogP contribution in [0, 0.1) is 0 Å². The summed E-state index contributed by atoms with van der Waals surface area (Å²) < 4.78 is 15.1. The number of esters is 1. The predicted octanol–water partition coefficient (Wildman–Crippen LogP) is 1.91. The number of nitrogens with two attached hydrogens (primary N) is 1. The Bertz CT molecular complexity index is 970. The maximum Gasteiger partial charge on any atom is 0.340 e. The van der Waals surface area contributed by atoms with Gasteiger partial charge in [0.2, 0.25) is 0 Å². The van der Waals surface area contributed by atoms with Gasteiger partial charge in [0.15, 0.2) is 11.6 Å². The molecule has 0 fully saturated rings. The molecule has 3 rings (SSSR count). The third kappa shape index (κ3) is 3.85. The zero-order valence-corrected chi connectivity index (χ0v) is 16.2. The van der Waals surface area contributed by atoms with E-state index >= 15 is 0 Å². The van der Waals surface area contributed by atoms with Crippen LogP contribution in [0.4, 0.5) is 11.4 Å². The maximum absolute atomic E-state index is 13.1. The predicted molar refractivity (Wildman–Crippen MR) is 107 cm³/mol. The molecule has 0 saturated heterocycles. The summed E-state index contributed by atoms with van der Waals surface area (Å²) >= 11 is 0. The summed E-state index contributed by atoms with van der Waals surface area (Å²) in [5.41, 5.74) is 7.13. The van der Waals surface area contributed by atoms with Crippen molar-refractivity contribution in [2.24, 2.45) is 0 Å². The van der Waals surface area contributed by atoms with E-state index in [2.05, 4.69) is 5.32 Å². The Morgan fingerprint density at radius 3 is 2.28 bits per heavy atom. The molecule has 0 spiro atoms. The average molecular weight is 398 g/mol. The quantitative estimate of drug-likeness (QED) is 0.336. The molecule has 0 saturated carbocycles. The summed E-state index contributed by atoms with van der Waals surface area (Å²) in [7, 11) is 2.80. The summed E-state index contributed by atoms with van der Waals surface area (Å²) in [6.45, 7) is 1.59. The lowest BCUT2D eigenvalue weighted by atomic mass is 9.81. The highest BCUT2D eigenvalue weighted by molar-refractivity contribution is 6.32. The number of ether oxygens (including phenoxy) is 3. The number of anilines is 2. The lowest BCUT2D eigenvalue weighted by Crippen LogP contribution is -2.26. The maximum atomic E-state index is 13.1. The van der Waals surface area contributed by atoms with Crippen molar-refractivity contribution in [1.82, 2.24) is 0 Å². The molecule has 152 valence electrons. The van der Waals surface area contributed by atoms with E-state index < -0.39 is 11.8 Å². The van der Waals surface area contributed by atoms with Gasteiger partial charge in [-0.2, -0.15) is 0 Å². The molecule has 0 radical (unpaired) electrons. The number of benzene rings is 2. The monoisotopic (exact) mass is 398 g/mol. The van der Waals surface area contributed by atoms with E-state index in [1.807, 2.05) is 0 Å². The van der Waals surface area contributed by atoms with Crippen molar-refractivity contribution in [3.8, 4) is 0 Å². The number of nitrogen functional groups attached to an aromatic ring is 1. The Balaban J connectivity index is 2.03. The first kappa shape index (κ1) is 20.5. The molecule has 0 bridgehead atoms. The molecular formula is C21H22N2O6. The third-order valence-corrected chi connectivity index (χ3v) is 4.64. The minimum atomic E-state index is -0.691. The first-order valence-electron chi connectivity index (χ1n) is 9.05. The Labute approximate surface area is 167 Å². The van der Waals surface area contributed by atoms with Crippen LogP contribution in [-0.2, 0) is 14.2 Å². The van der Waals surface area contributed by atoms with Crippen molar-refractivity contribution in [3.05, 3.63) is 58.1 Å². The van der Waals surface area contributed by atoms with Gasteiger partial charge in [-0.1, -0.05) is 24.3 Å². The smallest absolute Gasteiger partial charge is 0.340 e. The van der Waals surface area contributed by atoms with Gasteiger partial charge in [-0.05, 0) is 6.07 Å². The summed E-state index contributed by atoms with van der Waals surface area (Å²) in [4.78, 5) is 38.4. The van der Waals surface area contributed by atoms with Gasteiger partial charge in [-0.15, -0.1) is 0 Å². The zero-order valence-electron chi connectivity index (χ0n) is 16.2. The molecule has 2 aromatic rings. The Hall–Kier alpha value is -3.23. The van der Waals surface area contributed by atoms with E-state index in [0.717, 1.165) is 0 Å². The van der Waals surface area contributed by atoms with E-state index in [1.54, 1.807) is 31.4 Å². The number of carbonyl (C=O) groups is 3. The Kier molecular flexibility index (Phi) is 6.26. The highest BCUT2D eigenvalue weighted by Crippen LogP contribution is 2.37. The fourth-order valence-electron chi connectivity index (χ4n) is 3.24. The molecule has 2 aromatic carbocycles. The van der Waals surface area contributed by atoms with Crippen molar-refractivity contribution < 1.29 is 28.6 Å². The van der Waals surface area contributed by atoms with Gasteiger partial charge in [-0.25, -0.2) is 4.79 Å². The fraction of sp³-hybridized carbons (Fsp3) is 0.286. The van der Waals surface area contributed by atoms with Crippen molar-refractivity contribution in [2.45, 2.75) is 0 Å². The number of rotatable bonds is 8. The highest BCUT2D eigenvalue weighted by atomic mass is 16.5. The molecule has 1 aliphatic rings. The number of ketones is 2. The van der Waals surface area contributed by atoms with Gasteiger partial charge in [0.05, 0.1) is 49.3 Å². The van der Waals surface area contributed by atoms with Crippen LogP contribution in [0.15, 0.2) is 30.3 Å². The van der Waals surface area contributed by atoms with Crippen LogP contribution in [-0.4, -0.2) is 58.1 Å². The second-order valence-electron chi connectivity index (χ2n) is 6.36. The van der Waals surface area contributed by atoms with Gasteiger partial charge >= 0.3 is 5.97 Å². The molecule has 29 heavy (non-hydrogen) atoms. The van der Waals surface area contributed by atoms with Crippen LogP contribution >= 0.6 is 0 Å². The zero-order chi connectivity index (χ0) is 21.0. The molecule has 0 heterocycles. The largest absolute Gasteiger partial charge is 0.465 e. The number of fused-ring (bicyclic) bond motifs is 2. The molecular weight excluding hydrogens is 376 g/mol. The topological polar surface area (TPSA) is 117 Å². The van der Waals surface area contributed by atoms with E-state index in [-0.39, 0.29) is 33.7 Å². The van der Waals surface area contributed by atoms with Crippen LogP contribution in [0.2, 0.25) is 0 Å². The fourth-order valence-corrected chi connectivity index (χ4v) is 3.24. The lowest BCUT2D eigenvalue weighted by Gasteiger charge is -2.23. The third-order valence-electron chi connectivity index (χ3n) is 4.64. The summed E-state index contributed by atoms with van der Waals surface area (Å²) in [5.74, 6) is -1.43.